The van der Waals surface area contributed by atoms with Crippen LogP contribution in [0.5, 0.6) is 0 Å². The standard InChI is InChI=1S/C20H24N4O5/c1-14-17(15(2)29-22-14)19(26)23-7-4-9-27-20(12-23)13-24(8-10-28-20)18(25)16-5-3-6-21-11-16/h3,5-6,11H,4,7-10,12-13H2,1-2H3. The van der Waals surface area contributed by atoms with Gasteiger partial charge in [-0.2, -0.15) is 0 Å². The number of ether oxygens (including phenoxy) is 2. The molecule has 2 aliphatic heterocycles. The van der Waals surface area contributed by atoms with Crippen LogP contribution in [-0.2, 0) is 9.47 Å². The van der Waals surface area contributed by atoms with Crippen molar-refractivity contribution in [2.24, 2.45) is 0 Å². The van der Waals surface area contributed by atoms with Crippen LogP contribution in [0.25, 0.3) is 0 Å². The van der Waals surface area contributed by atoms with Crippen LogP contribution >= 0.6 is 0 Å². The third-order valence-corrected chi connectivity index (χ3v) is 5.26. The Labute approximate surface area is 168 Å². The van der Waals surface area contributed by atoms with Crippen LogP contribution < -0.4 is 0 Å². The number of aryl methyl sites for hydroxylation is 2. The zero-order chi connectivity index (χ0) is 20.4. The van der Waals surface area contributed by atoms with Crippen molar-refractivity contribution in [3.8, 4) is 0 Å². The lowest BCUT2D eigenvalue weighted by Gasteiger charge is -2.43. The fourth-order valence-corrected chi connectivity index (χ4v) is 3.83. The van der Waals surface area contributed by atoms with E-state index in [2.05, 4.69) is 10.1 Å². The molecule has 1 spiro atoms. The number of rotatable bonds is 2. The van der Waals surface area contributed by atoms with Gasteiger partial charge in [0.05, 0.1) is 37.6 Å². The topological polar surface area (TPSA) is 98.0 Å². The summed E-state index contributed by atoms with van der Waals surface area (Å²) < 4.78 is 17.2. The van der Waals surface area contributed by atoms with Crippen LogP contribution in [0.15, 0.2) is 29.0 Å². The molecule has 1 unspecified atom stereocenters. The Morgan fingerprint density at radius 2 is 1.83 bits per heavy atom. The highest BCUT2D eigenvalue weighted by molar-refractivity contribution is 5.96. The van der Waals surface area contributed by atoms with Crippen LogP contribution in [0.4, 0.5) is 0 Å². The van der Waals surface area contributed by atoms with E-state index < -0.39 is 5.79 Å². The van der Waals surface area contributed by atoms with Gasteiger partial charge in [0.15, 0.2) is 0 Å². The molecule has 9 nitrogen and oxygen atoms in total. The highest BCUT2D eigenvalue weighted by Gasteiger charge is 2.44. The molecular weight excluding hydrogens is 376 g/mol. The maximum Gasteiger partial charge on any atom is 0.259 e. The maximum absolute atomic E-state index is 13.1. The molecule has 4 rings (SSSR count). The van der Waals surface area contributed by atoms with Crippen LogP contribution in [-0.4, -0.2) is 76.9 Å². The largest absolute Gasteiger partial charge is 0.361 e. The van der Waals surface area contributed by atoms with Gasteiger partial charge in [0.2, 0.25) is 5.79 Å². The molecule has 2 amide bonds. The molecule has 2 saturated heterocycles. The van der Waals surface area contributed by atoms with Gasteiger partial charge in [-0.05, 0) is 32.4 Å². The maximum atomic E-state index is 13.1. The lowest BCUT2D eigenvalue weighted by atomic mass is 10.1. The van der Waals surface area contributed by atoms with E-state index in [0.717, 1.165) is 0 Å². The summed E-state index contributed by atoms with van der Waals surface area (Å²) in [5, 5.41) is 3.88. The summed E-state index contributed by atoms with van der Waals surface area (Å²) in [6.07, 6.45) is 3.85. The molecule has 0 aliphatic carbocycles. The normalized spacial score (nSPS) is 22.6. The van der Waals surface area contributed by atoms with Crippen molar-refractivity contribution >= 4 is 11.8 Å². The van der Waals surface area contributed by atoms with Gasteiger partial charge in [-0.15, -0.1) is 0 Å². The van der Waals surface area contributed by atoms with Gasteiger partial charge in [-0.1, -0.05) is 5.16 Å². The molecule has 2 fully saturated rings. The molecule has 4 heterocycles. The zero-order valence-corrected chi connectivity index (χ0v) is 16.6. The third-order valence-electron chi connectivity index (χ3n) is 5.26. The first-order valence-corrected chi connectivity index (χ1v) is 9.68. The summed E-state index contributed by atoms with van der Waals surface area (Å²) in [6, 6.07) is 3.47. The molecular formula is C20H24N4O5. The van der Waals surface area contributed by atoms with Gasteiger partial charge in [-0.25, -0.2) is 0 Å². The van der Waals surface area contributed by atoms with Crippen molar-refractivity contribution < 1.29 is 23.6 Å². The van der Waals surface area contributed by atoms with Gasteiger partial charge in [-0.3, -0.25) is 14.6 Å². The average Bonchev–Trinajstić information content (AvgIpc) is 2.95. The summed E-state index contributed by atoms with van der Waals surface area (Å²) in [4.78, 5) is 33.4. The Bertz CT molecular complexity index is 880. The lowest BCUT2D eigenvalue weighted by molar-refractivity contribution is -0.258. The Balaban J connectivity index is 1.54. The highest BCUT2D eigenvalue weighted by atomic mass is 16.7. The molecule has 0 bridgehead atoms. The van der Waals surface area contributed by atoms with E-state index in [1.807, 2.05) is 0 Å². The monoisotopic (exact) mass is 400 g/mol. The second-order valence-electron chi connectivity index (χ2n) is 7.36. The molecule has 2 aromatic heterocycles. The molecule has 29 heavy (non-hydrogen) atoms. The lowest BCUT2D eigenvalue weighted by Crippen LogP contribution is -2.59. The predicted molar refractivity (Wildman–Crippen MR) is 101 cm³/mol. The van der Waals surface area contributed by atoms with Crippen LogP contribution in [0, 0.1) is 13.8 Å². The first-order valence-electron chi connectivity index (χ1n) is 9.68. The SMILES string of the molecule is Cc1noc(C)c1C(=O)N1CCCOC2(CN(C(=O)c3cccnc3)CCO2)C1. The minimum Gasteiger partial charge on any atom is -0.361 e. The first kappa shape index (κ1) is 19.5. The number of nitrogens with zero attached hydrogens (tertiary/aromatic N) is 4. The van der Waals surface area contributed by atoms with E-state index in [0.29, 0.717) is 55.3 Å². The van der Waals surface area contributed by atoms with E-state index in [1.165, 1.54) is 0 Å². The minimum absolute atomic E-state index is 0.128. The van der Waals surface area contributed by atoms with Crippen molar-refractivity contribution in [2.45, 2.75) is 26.1 Å². The summed E-state index contributed by atoms with van der Waals surface area (Å²) >= 11 is 0. The smallest absolute Gasteiger partial charge is 0.259 e. The molecule has 2 aliphatic rings. The molecule has 2 aromatic rings. The number of amides is 2. The quantitative estimate of drug-likeness (QED) is 0.752. The van der Waals surface area contributed by atoms with Crippen LogP contribution in [0.1, 0.15) is 38.6 Å². The summed E-state index contributed by atoms with van der Waals surface area (Å²) in [6.45, 7) is 5.71. The highest BCUT2D eigenvalue weighted by Crippen LogP contribution is 2.27. The zero-order valence-electron chi connectivity index (χ0n) is 16.6. The van der Waals surface area contributed by atoms with Crippen molar-refractivity contribution in [3.63, 3.8) is 0 Å². The number of morpholine rings is 1. The molecule has 0 saturated carbocycles. The van der Waals surface area contributed by atoms with Gasteiger partial charge in [0.1, 0.15) is 11.3 Å². The van der Waals surface area contributed by atoms with Crippen molar-refractivity contribution in [2.75, 3.05) is 39.4 Å². The van der Waals surface area contributed by atoms with Crippen molar-refractivity contribution in [1.29, 1.82) is 0 Å². The third kappa shape index (κ3) is 3.88. The van der Waals surface area contributed by atoms with E-state index in [4.69, 9.17) is 14.0 Å². The predicted octanol–water partition coefficient (Wildman–Crippen LogP) is 1.42. The molecule has 0 aromatic carbocycles. The molecule has 9 heteroatoms. The Hall–Kier alpha value is -2.78. The number of carbonyl (C=O) groups is 2. The Kier molecular flexibility index (Phi) is 5.33. The average molecular weight is 400 g/mol. The molecule has 154 valence electrons. The second-order valence-corrected chi connectivity index (χ2v) is 7.36. The summed E-state index contributed by atoms with van der Waals surface area (Å²) in [7, 11) is 0. The summed E-state index contributed by atoms with van der Waals surface area (Å²) in [5.74, 6) is -0.853. The Morgan fingerprint density at radius 3 is 2.52 bits per heavy atom. The van der Waals surface area contributed by atoms with Gasteiger partial charge >= 0.3 is 0 Å². The fraction of sp³-hybridized carbons (Fsp3) is 0.500. The number of aromatic nitrogens is 2. The van der Waals surface area contributed by atoms with E-state index >= 15 is 0 Å². The second kappa shape index (κ2) is 7.92. The number of carbonyl (C=O) groups excluding carboxylic acids is 2. The number of hydrogen-bond acceptors (Lipinski definition) is 7. The van der Waals surface area contributed by atoms with E-state index in [1.54, 1.807) is 48.2 Å². The van der Waals surface area contributed by atoms with Crippen LogP contribution in [0.3, 0.4) is 0 Å². The number of pyridine rings is 1. The van der Waals surface area contributed by atoms with E-state index in [-0.39, 0.29) is 24.9 Å². The fourth-order valence-electron chi connectivity index (χ4n) is 3.83. The minimum atomic E-state index is -1.05. The summed E-state index contributed by atoms with van der Waals surface area (Å²) in [5.41, 5.74) is 1.55. The van der Waals surface area contributed by atoms with Gasteiger partial charge in [0.25, 0.3) is 11.8 Å². The van der Waals surface area contributed by atoms with E-state index in [9.17, 15) is 9.59 Å². The van der Waals surface area contributed by atoms with Crippen LogP contribution in [0.2, 0.25) is 0 Å². The number of hydrogen-bond donors (Lipinski definition) is 0. The van der Waals surface area contributed by atoms with Crippen molar-refractivity contribution in [1.82, 2.24) is 19.9 Å². The Morgan fingerprint density at radius 1 is 1.07 bits per heavy atom. The molecule has 0 N–H and O–H groups in total. The molecule has 1 atom stereocenters. The first-order chi connectivity index (χ1) is 14.0. The van der Waals surface area contributed by atoms with Crippen molar-refractivity contribution in [3.05, 3.63) is 47.1 Å². The van der Waals surface area contributed by atoms with Gasteiger partial charge in [0, 0.05) is 25.5 Å². The molecule has 0 radical (unpaired) electrons. The van der Waals surface area contributed by atoms with Gasteiger partial charge < -0.3 is 23.8 Å².